The van der Waals surface area contributed by atoms with Gasteiger partial charge in [0.2, 0.25) is 15.9 Å². The van der Waals surface area contributed by atoms with Gasteiger partial charge in [0.05, 0.1) is 24.7 Å². The van der Waals surface area contributed by atoms with E-state index in [-0.39, 0.29) is 18.6 Å². The van der Waals surface area contributed by atoms with E-state index >= 15 is 0 Å². The van der Waals surface area contributed by atoms with Gasteiger partial charge in [0.1, 0.15) is 0 Å². The average Bonchev–Trinajstić information content (AvgIpc) is 2.82. The summed E-state index contributed by atoms with van der Waals surface area (Å²) in [6.45, 7) is 5.21. The molecule has 1 atom stereocenters. The fourth-order valence-corrected chi connectivity index (χ4v) is 3.29. The number of nitrogens with zero attached hydrogens (tertiary/aromatic N) is 2. The largest absolute Gasteiger partial charge is 0.374 e. The van der Waals surface area contributed by atoms with Gasteiger partial charge in [-0.25, -0.2) is 8.42 Å². The van der Waals surface area contributed by atoms with Crippen molar-refractivity contribution in [3.63, 3.8) is 0 Å². The van der Waals surface area contributed by atoms with Crippen LogP contribution in [-0.4, -0.2) is 67.4 Å². The SMILES string of the molecule is Cc1[nH]nc(CCC(=O)NCC2CN(S(C)(=O)=O)CCO2)c1C. The molecule has 9 heteroatoms. The summed E-state index contributed by atoms with van der Waals surface area (Å²) < 4.78 is 30.0. The smallest absolute Gasteiger partial charge is 0.220 e. The number of hydrogen-bond donors (Lipinski definition) is 2. The minimum Gasteiger partial charge on any atom is -0.374 e. The summed E-state index contributed by atoms with van der Waals surface area (Å²) in [5.74, 6) is -0.0925. The zero-order valence-electron chi connectivity index (χ0n) is 13.8. The molecule has 1 aliphatic heterocycles. The lowest BCUT2D eigenvalue weighted by Gasteiger charge is -2.31. The zero-order valence-corrected chi connectivity index (χ0v) is 14.6. The van der Waals surface area contributed by atoms with Gasteiger partial charge >= 0.3 is 0 Å². The molecule has 130 valence electrons. The van der Waals surface area contributed by atoms with E-state index in [1.54, 1.807) is 0 Å². The number of nitrogens with one attached hydrogen (secondary N) is 2. The zero-order chi connectivity index (χ0) is 17.0. The maximum absolute atomic E-state index is 11.9. The summed E-state index contributed by atoms with van der Waals surface area (Å²) in [5.41, 5.74) is 2.99. The third-order valence-electron chi connectivity index (χ3n) is 4.04. The van der Waals surface area contributed by atoms with Gasteiger partial charge in [0.25, 0.3) is 0 Å². The van der Waals surface area contributed by atoms with Crippen LogP contribution in [0.4, 0.5) is 0 Å². The molecule has 1 aromatic heterocycles. The number of morpholine rings is 1. The first kappa shape index (κ1) is 17.9. The molecule has 1 unspecified atom stereocenters. The number of carbonyl (C=O) groups excluding carboxylic acids is 1. The van der Waals surface area contributed by atoms with Crippen LogP contribution in [0.2, 0.25) is 0 Å². The van der Waals surface area contributed by atoms with Crippen molar-refractivity contribution in [1.82, 2.24) is 19.8 Å². The highest BCUT2D eigenvalue weighted by Gasteiger charge is 2.26. The molecular formula is C14H24N4O4S. The van der Waals surface area contributed by atoms with Crippen molar-refractivity contribution in [2.75, 3.05) is 32.5 Å². The van der Waals surface area contributed by atoms with E-state index in [1.807, 2.05) is 13.8 Å². The molecule has 8 nitrogen and oxygen atoms in total. The molecule has 2 heterocycles. The number of sulfonamides is 1. The number of ether oxygens (including phenoxy) is 1. The Hall–Kier alpha value is -1.45. The van der Waals surface area contributed by atoms with Crippen molar-refractivity contribution >= 4 is 15.9 Å². The van der Waals surface area contributed by atoms with Crippen LogP contribution in [0.1, 0.15) is 23.4 Å². The highest BCUT2D eigenvalue weighted by atomic mass is 32.2. The molecule has 23 heavy (non-hydrogen) atoms. The molecule has 0 spiro atoms. The number of aromatic nitrogens is 2. The van der Waals surface area contributed by atoms with Crippen LogP contribution in [0, 0.1) is 13.8 Å². The van der Waals surface area contributed by atoms with Crippen LogP contribution in [0.5, 0.6) is 0 Å². The molecule has 2 N–H and O–H groups in total. The number of carbonyl (C=O) groups is 1. The molecule has 0 saturated carbocycles. The second-order valence-electron chi connectivity index (χ2n) is 5.84. The van der Waals surface area contributed by atoms with Gasteiger partial charge < -0.3 is 10.1 Å². The Bertz CT molecular complexity index is 656. The fraction of sp³-hybridized carbons (Fsp3) is 0.714. The molecule has 0 bridgehead atoms. The quantitative estimate of drug-likeness (QED) is 0.740. The fourth-order valence-electron chi connectivity index (χ4n) is 2.44. The molecule has 2 rings (SSSR count). The summed E-state index contributed by atoms with van der Waals surface area (Å²) >= 11 is 0. The lowest BCUT2D eigenvalue weighted by atomic mass is 10.1. The van der Waals surface area contributed by atoms with Crippen molar-refractivity contribution in [2.45, 2.75) is 32.8 Å². The first-order valence-electron chi connectivity index (χ1n) is 7.61. The minimum absolute atomic E-state index is 0.0925. The maximum Gasteiger partial charge on any atom is 0.220 e. The van der Waals surface area contributed by atoms with E-state index in [9.17, 15) is 13.2 Å². The normalized spacial score (nSPS) is 19.7. The summed E-state index contributed by atoms with van der Waals surface area (Å²) in [6.07, 6.45) is 1.79. The Balaban J connectivity index is 1.75. The molecule has 1 amide bonds. The van der Waals surface area contributed by atoms with E-state index in [0.717, 1.165) is 17.0 Å². The van der Waals surface area contributed by atoms with Crippen LogP contribution < -0.4 is 5.32 Å². The van der Waals surface area contributed by atoms with E-state index < -0.39 is 10.0 Å². The predicted octanol–water partition coefficient (Wildman–Crippen LogP) is -0.264. The lowest BCUT2D eigenvalue weighted by molar-refractivity contribution is -0.122. The third kappa shape index (κ3) is 5.02. The molecule has 0 aliphatic carbocycles. The van der Waals surface area contributed by atoms with E-state index in [1.165, 1.54) is 10.6 Å². The number of aromatic amines is 1. The van der Waals surface area contributed by atoms with Crippen molar-refractivity contribution < 1.29 is 17.9 Å². The molecule has 1 fully saturated rings. The van der Waals surface area contributed by atoms with Gasteiger partial charge in [-0.15, -0.1) is 0 Å². The molecule has 1 aliphatic rings. The highest BCUT2D eigenvalue weighted by Crippen LogP contribution is 2.11. The second-order valence-corrected chi connectivity index (χ2v) is 7.82. The highest BCUT2D eigenvalue weighted by molar-refractivity contribution is 7.88. The summed E-state index contributed by atoms with van der Waals surface area (Å²) in [6, 6.07) is 0. The van der Waals surface area contributed by atoms with Crippen LogP contribution in [-0.2, 0) is 26.0 Å². The van der Waals surface area contributed by atoms with Crippen molar-refractivity contribution in [3.05, 3.63) is 17.0 Å². The first-order chi connectivity index (χ1) is 10.8. The predicted molar refractivity (Wildman–Crippen MR) is 85.5 cm³/mol. The summed E-state index contributed by atoms with van der Waals surface area (Å²) in [4.78, 5) is 11.9. The Morgan fingerprint density at radius 3 is 2.83 bits per heavy atom. The number of hydrogen-bond acceptors (Lipinski definition) is 5. The van der Waals surface area contributed by atoms with Gasteiger partial charge in [-0.3, -0.25) is 9.89 Å². The van der Waals surface area contributed by atoms with Gasteiger partial charge in [-0.2, -0.15) is 9.40 Å². The van der Waals surface area contributed by atoms with Crippen LogP contribution in [0.25, 0.3) is 0 Å². The molecule has 1 aromatic rings. The molecule has 1 saturated heterocycles. The van der Waals surface area contributed by atoms with Crippen molar-refractivity contribution in [3.8, 4) is 0 Å². The van der Waals surface area contributed by atoms with Gasteiger partial charge in [-0.05, 0) is 19.4 Å². The van der Waals surface area contributed by atoms with Crippen LogP contribution >= 0.6 is 0 Å². The molecular weight excluding hydrogens is 320 g/mol. The number of rotatable bonds is 6. The van der Waals surface area contributed by atoms with Gasteiger partial charge in [0.15, 0.2) is 0 Å². The Kier molecular flexibility index (Phi) is 5.77. The minimum atomic E-state index is -3.22. The van der Waals surface area contributed by atoms with Gasteiger partial charge in [0, 0.05) is 38.2 Å². The number of amides is 1. The Morgan fingerprint density at radius 2 is 2.22 bits per heavy atom. The van der Waals surface area contributed by atoms with E-state index in [4.69, 9.17) is 4.74 Å². The molecule has 0 radical (unpaired) electrons. The third-order valence-corrected chi connectivity index (χ3v) is 5.31. The standard InChI is InChI=1S/C14H24N4O4S/c1-10-11(2)16-17-13(10)4-5-14(19)15-8-12-9-18(6-7-22-12)23(3,20)21/h12H,4-9H2,1-3H3,(H,15,19)(H,16,17). The second kappa shape index (κ2) is 7.41. The number of H-pyrrole nitrogens is 1. The van der Waals surface area contributed by atoms with Gasteiger partial charge in [-0.1, -0.05) is 0 Å². The Morgan fingerprint density at radius 1 is 1.48 bits per heavy atom. The lowest BCUT2D eigenvalue weighted by Crippen LogP contribution is -2.49. The Labute approximate surface area is 136 Å². The van der Waals surface area contributed by atoms with E-state index in [2.05, 4.69) is 15.5 Å². The van der Waals surface area contributed by atoms with Crippen molar-refractivity contribution in [1.29, 1.82) is 0 Å². The summed E-state index contributed by atoms with van der Waals surface area (Å²) in [5, 5.41) is 9.87. The maximum atomic E-state index is 11.9. The van der Waals surface area contributed by atoms with E-state index in [0.29, 0.717) is 32.5 Å². The van der Waals surface area contributed by atoms with Crippen LogP contribution in [0.3, 0.4) is 0 Å². The monoisotopic (exact) mass is 344 g/mol. The van der Waals surface area contributed by atoms with Crippen LogP contribution in [0.15, 0.2) is 0 Å². The topological polar surface area (TPSA) is 104 Å². The summed E-state index contributed by atoms with van der Waals surface area (Å²) in [7, 11) is -3.22. The number of aryl methyl sites for hydroxylation is 2. The average molecular weight is 344 g/mol. The first-order valence-corrected chi connectivity index (χ1v) is 9.46. The van der Waals surface area contributed by atoms with Crippen molar-refractivity contribution in [2.24, 2.45) is 0 Å². The molecule has 0 aromatic carbocycles.